The first-order chi connectivity index (χ1) is 19.1. The van der Waals surface area contributed by atoms with Gasteiger partial charge in [-0.3, -0.25) is 14.5 Å². The van der Waals surface area contributed by atoms with Gasteiger partial charge in [-0.1, -0.05) is 46.3 Å². The lowest BCUT2D eigenvalue weighted by Gasteiger charge is -2.28. The number of alkyl halides is 3. The van der Waals surface area contributed by atoms with E-state index in [-0.39, 0.29) is 28.0 Å². The molecule has 0 heterocycles. The zero-order valence-electron chi connectivity index (χ0n) is 22.6. The van der Waals surface area contributed by atoms with Crippen LogP contribution in [0.2, 0.25) is 0 Å². The maximum absolute atomic E-state index is 16.2. The summed E-state index contributed by atoms with van der Waals surface area (Å²) in [7, 11) is 0.890. The maximum atomic E-state index is 16.2. The number of ether oxygens (including phenoxy) is 3. The predicted molar refractivity (Wildman–Crippen MR) is 143 cm³/mol. The highest BCUT2D eigenvalue weighted by molar-refractivity contribution is 9.10. The van der Waals surface area contributed by atoms with E-state index in [0.29, 0.717) is 11.8 Å². The second kappa shape index (κ2) is 14.3. The van der Waals surface area contributed by atoms with Crippen molar-refractivity contribution in [2.24, 2.45) is 0 Å². The molecule has 0 spiro atoms. The molecule has 1 N–H and O–H groups in total. The average molecular weight is 649 g/mol. The first-order valence-electron chi connectivity index (χ1n) is 12.1. The van der Waals surface area contributed by atoms with Crippen molar-refractivity contribution in [3.63, 3.8) is 0 Å². The molecule has 14 heteroatoms. The number of carbonyl (C=O) groups is 4. The van der Waals surface area contributed by atoms with Gasteiger partial charge in [-0.2, -0.15) is 13.2 Å². The van der Waals surface area contributed by atoms with E-state index in [4.69, 9.17) is 9.47 Å². The normalized spacial score (nSPS) is 12.2. The molecule has 0 radical (unpaired) electrons. The minimum atomic E-state index is -5.50. The summed E-state index contributed by atoms with van der Waals surface area (Å²) in [6.45, 7) is 3.30. The summed E-state index contributed by atoms with van der Waals surface area (Å²) >= 11 is 3.17. The van der Waals surface area contributed by atoms with E-state index in [2.05, 4.69) is 26.0 Å². The van der Waals surface area contributed by atoms with Crippen LogP contribution in [0.25, 0.3) is 0 Å². The first-order valence-corrected chi connectivity index (χ1v) is 12.9. The molecular formula is C27H29BrF4N2O7. The Morgan fingerprint density at radius 2 is 1.76 bits per heavy atom. The van der Waals surface area contributed by atoms with Crippen LogP contribution in [0.1, 0.15) is 38.3 Å². The fourth-order valence-corrected chi connectivity index (χ4v) is 4.08. The number of anilines is 1. The third kappa shape index (κ3) is 10.0. The number of nitrogens with zero attached hydrogens (tertiary/aromatic N) is 1. The minimum absolute atomic E-state index is 0.00109. The fourth-order valence-electron chi connectivity index (χ4n) is 3.54. The highest BCUT2D eigenvalue weighted by Crippen LogP contribution is 2.40. The molecule has 2 aromatic rings. The number of carbonyl (C=O) groups excluding carboxylic acids is 4. The van der Waals surface area contributed by atoms with Crippen LogP contribution in [0.5, 0.6) is 5.75 Å². The number of hydrogen-bond acceptors (Lipinski definition) is 7. The van der Waals surface area contributed by atoms with E-state index in [0.717, 1.165) is 13.2 Å². The van der Waals surface area contributed by atoms with Gasteiger partial charge >= 0.3 is 24.1 Å². The molecule has 0 bridgehead atoms. The number of amides is 2. The third-order valence-corrected chi connectivity index (χ3v) is 6.02. The first kappa shape index (κ1) is 33.5. The van der Waals surface area contributed by atoms with Crippen LogP contribution in [-0.4, -0.2) is 55.7 Å². The van der Waals surface area contributed by atoms with E-state index in [1.807, 2.05) is 0 Å². The van der Waals surface area contributed by atoms with Crippen molar-refractivity contribution in [3.05, 3.63) is 57.8 Å². The molecule has 0 aliphatic carbocycles. The van der Waals surface area contributed by atoms with Crippen LogP contribution in [0.4, 0.5) is 28.0 Å². The summed E-state index contributed by atoms with van der Waals surface area (Å²) < 4.78 is 72.3. The van der Waals surface area contributed by atoms with Crippen molar-refractivity contribution < 1.29 is 51.0 Å². The summed E-state index contributed by atoms with van der Waals surface area (Å²) in [5.41, 5.74) is -1.60. The Balaban J connectivity index is 2.65. The monoisotopic (exact) mass is 648 g/mol. The van der Waals surface area contributed by atoms with E-state index in [1.54, 1.807) is 51.1 Å². The number of nitrogens with one attached hydrogen (secondary N) is 1. The molecule has 0 saturated carbocycles. The molecule has 1 atom stereocenters. The zero-order valence-corrected chi connectivity index (χ0v) is 24.2. The van der Waals surface area contributed by atoms with Crippen molar-refractivity contribution in [2.75, 3.05) is 18.6 Å². The van der Waals surface area contributed by atoms with E-state index < -0.39 is 66.0 Å². The number of benzene rings is 2. The molecule has 0 fully saturated rings. The van der Waals surface area contributed by atoms with Gasteiger partial charge in [0.15, 0.2) is 5.82 Å². The van der Waals surface area contributed by atoms with Crippen LogP contribution in [0, 0.1) is 5.82 Å². The second-order valence-corrected chi connectivity index (χ2v) is 10.5. The predicted octanol–water partition coefficient (Wildman–Crippen LogP) is 5.26. The lowest BCUT2D eigenvalue weighted by atomic mass is 10.0. The van der Waals surface area contributed by atoms with Crippen LogP contribution in [0.15, 0.2) is 40.9 Å². The van der Waals surface area contributed by atoms with E-state index in [1.165, 1.54) is 0 Å². The summed E-state index contributed by atoms with van der Waals surface area (Å²) in [4.78, 5) is 47.9. The van der Waals surface area contributed by atoms with Crippen LogP contribution >= 0.6 is 15.9 Å². The topological polar surface area (TPSA) is 111 Å². The van der Waals surface area contributed by atoms with E-state index >= 15 is 4.39 Å². The molecule has 2 aromatic carbocycles. The largest absolute Gasteiger partial charge is 0.487 e. The van der Waals surface area contributed by atoms with E-state index in [9.17, 15) is 32.3 Å². The van der Waals surface area contributed by atoms with Crippen molar-refractivity contribution >= 4 is 45.9 Å². The Kier molecular flexibility index (Phi) is 11.7. The molecule has 0 aliphatic rings. The quantitative estimate of drug-likeness (QED) is 0.201. The number of alkyl carbamates (subject to hydrolysis) is 1. The molecule has 0 unspecified atom stereocenters. The van der Waals surface area contributed by atoms with Gasteiger partial charge in [-0.15, -0.1) is 0 Å². The Morgan fingerprint density at radius 3 is 2.29 bits per heavy atom. The lowest BCUT2D eigenvalue weighted by Crippen LogP contribution is -2.45. The minimum Gasteiger partial charge on any atom is -0.487 e. The highest BCUT2D eigenvalue weighted by atomic mass is 79.9. The summed E-state index contributed by atoms with van der Waals surface area (Å²) in [5, 5.41) is 2.43. The Hall–Kier alpha value is -3.68. The number of methoxy groups -OCH3 is 1. The third-order valence-electron chi connectivity index (χ3n) is 5.31. The molecule has 0 aliphatic heterocycles. The number of hydrogen-bond donors (Lipinski definition) is 1. The van der Waals surface area contributed by atoms with Gasteiger partial charge in [-0.25, -0.2) is 9.18 Å². The van der Waals surface area contributed by atoms with Crippen LogP contribution in [0.3, 0.4) is 0 Å². The van der Waals surface area contributed by atoms with Gasteiger partial charge in [0.25, 0.3) is 0 Å². The van der Waals surface area contributed by atoms with Gasteiger partial charge in [0.1, 0.15) is 36.5 Å². The fraction of sp³-hybridized carbons (Fsp3) is 0.407. The standard InChI is InChI=1S/C27H29BrF4N2O7/c1-26(2,3)41-25(38)33-17(10-11-35)12-18-19(28)13-20(40-15-16-8-6-5-7-9-16)23(22(18)29)34(14-21(36)39-4)24(37)27(30,31)32/h5-9,11,13,17H,10,12,14-15H2,1-4H3,(H,33,38)/t17-/m1/s1. The SMILES string of the molecule is COC(=O)CN(C(=O)C(F)(F)F)c1c(OCc2ccccc2)cc(Br)c(C[C@@H](CC=O)NC(=O)OC(C)(C)C)c1F. The summed E-state index contributed by atoms with van der Waals surface area (Å²) in [6, 6.07) is 8.47. The highest BCUT2D eigenvalue weighted by Gasteiger charge is 2.46. The van der Waals surface area contributed by atoms with Crippen molar-refractivity contribution in [1.82, 2.24) is 5.32 Å². The van der Waals surface area contributed by atoms with Crippen molar-refractivity contribution in [2.45, 2.75) is 58.0 Å². The van der Waals surface area contributed by atoms with Crippen LogP contribution in [-0.2, 0) is 36.9 Å². The molecule has 2 rings (SSSR count). The molecule has 41 heavy (non-hydrogen) atoms. The molecule has 0 aromatic heterocycles. The lowest BCUT2D eigenvalue weighted by molar-refractivity contribution is -0.171. The van der Waals surface area contributed by atoms with Gasteiger partial charge in [0.05, 0.1) is 7.11 Å². The molecule has 2 amide bonds. The Labute approximate surface area is 242 Å². The van der Waals surface area contributed by atoms with Gasteiger partial charge in [-0.05, 0) is 38.8 Å². The zero-order chi connectivity index (χ0) is 31.0. The maximum Gasteiger partial charge on any atom is 0.471 e. The Bertz CT molecular complexity index is 1250. The van der Waals surface area contributed by atoms with Gasteiger partial charge < -0.3 is 24.3 Å². The van der Waals surface area contributed by atoms with Gasteiger partial charge in [0.2, 0.25) is 0 Å². The second-order valence-electron chi connectivity index (χ2n) is 9.69. The van der Waals surface area contributed by atoms with Gasteiger partial charge in [0, 0.05) is 22.5 Å². The average Bonchev–Trinajstić information content (AvgIpc) is 2.87. The van der Waals surface area contributed by atoms with Crippen molar-refractivity contribution in [3.8, 4) is 5.75 Å². The number of rotatable bonds is 11. The molecule has 0 saturated heterocycles. The number of aldehydes is 1. The van der Waals surface area contributed by atoms with Crippen LogP contribution < -0.4 is 15.0 Å². The smallest absolute Gasteiger partial charge is 0.471 e. The summed E-state index contributed by atoms with van der Waals surface area (Å²) in [6.07, 6.45) is -6.67. The molecule has 224 valence electrons. The summed E-state index contributed by atoms with van der Waals surface area (Å²) in [5.74, 6) is -5.65. The molecule has 9 nitrogen and oxygen atoms in total. The Morgan fingerprint density at radius 1 is 1.12 bits per heavy atom. The molecular weight excluding hydrogens is 620 g/mol. The number of esters is 1. The van der Waals surface area contributed by atoms with Crippen molar-refractivity contribution in [1.29, 1.82) is 0 Å². The number of halogens is 5.